The third-order valence-corrected chi connectivity index (χ3v) is 4.86. The molecule has 1 aliphatic carbocycles. The van der Waals surface area contributed by atoms with Crippen LogP contribution in [-0.4, -0.2) is 48.1 Å². The van der Waals surface area contributed by atoms with Gasteiger partial charge in [-0.2, -0.15) is 0 Å². The van der Waals surface area contributed by atoms with Crippen LogP contribution in [-0.2, 0) is 9.59 Å². The van der Waals surface area contributed by atoms with Crippen LogP contribution in [0.3, 0.4) is 0 Å². The third-order valence-electron chi connectivity index (χ3n) is 4.86. The number of hydrogen-bond acceptors (Lipinski definition) is 3. The first-order chi connectivity index (χ1) is 9.49. The van der Waals surface area contributed by atoms with Crippen molar-refractivity contribution in [2.75, 3.05) is 20.1 Å². The van der Waals surface area contributed by atoms with Gasteiger partial charge in [-0.1, -0.05) is 19.8 Å². The van der Waals surface area contributed by atoms with Crippen LogP contribution >= 0.6 is 0 Å². The number of carboxylic acids is 1. The van der Waals surface area contributed by atoms with Crippen molar-refractivity contribution in [3.8, 4) is 0 Å². The van der Waals surface area contributed by atoms with Gasteiger partial charge >= 0.3 is 5.97 Å². The largest absolute Gasteiger partial charge is 0.481 e. The lowest BCUT2D eigenvalue weighted by Gasteiger charge is -2.37. The summed E-state index contributed by atoms with van der Waals surface area (Å²) in [5, 5.41) is 12.4. The van der Waals surface area contributed by atoms with Gasteiger partial charge in [0.2, 0.25) is 5.91 Å². The van der Waals surface area contributed by atoms with Gasteiger partial charge in [0, 0.05) is 12.6 Å². The Balaban J connectivity index is 1.94. The van der Waals surface area contributed by atoms with Gasteiger partial charge in [0.25, 0.3) is 0 Å². The van der Waals surface area contributed by atoms with Crippen molar-refractivity contribution in [1.29, 1.82) is 0 Å². The van der Waals surface area contributed by atoms with Crippen molar-refractivity contribution >= 4 is 11.9 Å². The number of carbonyl (C=O) groups is 2. The molecule has 0 spiro atoms. The smallest absolute Gasteiger partial charge is 0.307 e. The summed E-state index contributed by atoms with van der Waals surface area (Å²) in [4.78, 5) is 26.0. The fourth-order valence-corrected chi connectivity index (χ4v) is 3.60. The lowest BCUT2D eigenvalue weighted by molar-refractivity contribution is -0.149. The number of nitrogens with one attached hydrogen (secondary N) is 1. The van der Waals surface area contributed by atoms with Gasteiger partial charge in [-0.25, -0.2) is 0 Å². The molecule has 1 saturated carbocycles. The molecule has 4 atom stereocenters. The molecule has 0 aromatic carbocycles. The van der Waals surface area contributed by atoms with E-state index in [0.29, 0.717) is 18.8 Å². The highest BCUT2D eigenvalue weighted by molar-refractivity contribution is 5.85. The highest BCUT2D eigenvalue weighted by Gasteiger charge is 2.37. The maximum absolute atomic E-state index is 12.4. The number of carboxylic acid groups (broad SMARTS) is 1. The Morgan fingerprint density at radius 3 is 2.40 bits per heavy atom. The molecule has 20 heavy (non-hydrogen) atoms. The van der Waals surface area contributed by atoms with Gasteiger partial charge in [0.1, 0.15) is 0 Å². The molecule has 0 bridgehead atoms. The number of carbonyl (C=O) groups excluding carboxylic acids is 1. The monoisotopic (exact) mass is 282 g/mol. The van der Waals surface area contributed by atoms with Crippen LogP contribution in [0, 0.1) is 17.8 Å². The summed E-state index contributed by atoms with van der Waals surface area (Å²) in [6, 6.07) is 0.190. The van der Waals surface area contributed by atoms with Crippen LogP contribution in [0.15, 0.2) is 0 Å². The Morgan fingerprint density at radius 1 is 1.15 bits per heavy atom. The number of hydrogen-bond donors (Lipinski definition) is 2. The van der Waals surface area contributed by atoms with E-state index in [9.17, 15) is 14.7 Å². The first-order valence-electron chi connectivity index (χ1n) is 7.70. The van der Waals surface area contributed by atoms with Crippen molar-refractivity contribution < 1.29 is 14.7 Å². The molecule has 0 radical (unpaired) electrons. The Hall–Kier alpha value is -1.10. The fraction of sp³-hybridized carbons (Fsp3) is 0.867. The van der Waals surface area contributed by atoms with Gasteiger partial charge < -0.3 is 15.3 Å². The van der Waals surface area contributed by atoms with Crippen molar-refractivity contribution in [2.24, 2.45) is 17.8 Å². The number of likely N-dealkylation sites (tertiary alicyclic amines) is 1. The second-order valence-electron chi connectivity index (χ2n) is 6.48. The molecule has 0 aromatic rings. The Bertz CT molecular complexity index is 372. The van der Waals surface area contributed by atoms with Gasteiger partial charge in [0.15, 0.2) is 0 Å². The van der Waals surface area contributed by atoms with E-state index in [1.54, 1.807) is 0 Å². The first kappa shape index (κ1) is 15.3. The fourth-order valence-electron chi connectivity index (χ4n) is 3.60. The Morgan fingerprint density at radius 2 is 1.80 bits per heavy atom. The quantitative estimate of drug-likeness (QED) is 0.819. The summed E-state index contributed by atoms with van der Waals surface area (Å²) in [5.74, 6) is -1.28. The number of rotatable bonds is 3. The van der Waals surface area contributed by atoms with E-state index in [1.807, 2.05) is 0 Å². The van der Waals surface area contributed by atoms with E-state index in [2.05, 4.69) is 24.2 Å². The minimum atomic E-state index is -0.818. The molecular formula is C15H26N2O3. The summed E-state index contributed by atoms with van der Waals surface area (Å²) >= 11 is 0. The average Bonchev–Trinajstić information content (AvgIpc) is 2.41. The van der Waals surface area contributed by atoms with Crippen molar-refractivity contribution in [3.63, 3.8) is 0 Å². The lowest BCUT2D eigenvalue weighted by Crippen LogP contribution is -2.51. The molecular weight excluding hydrogens is 256 g/mol. The van der Waals surface area contributed by atoms with Crippen molar-refractivity contribution in [1.82, 2.24) is 10.2 Å². The molecule has 114 valence electrons. The van der Waals surface area contributed by atoms with Gasteiger partial charge in [-0.05, 0) is 38.8 Å². The zero-order chi connectivity index (χ0) is 14.7. The topological polar surface area (TPSA) is 69.6 Å². The second kappa shape index (κ2) is 6.57. The van der Waals surface area contributed by atoms with Gasteiger partial charge in [0.05, 0.1) is 11.8 Å². The molecule has 5 nitrogen and oxygen atoms in total. The number of aliphatic carboxylic acids is 1. The predicted octanol–water partition coefficient (Wildman–Crippen LogP) is 1.33. The molecule has 1 amide bonds. The maximum atomic E-state index is 12.4. The summed E-state index contributed by atoms with van der Waals surface area (Å²) < 4.78 is 0. The number of nitrogens with zero attached hydrogens (tertiary/aromatic N) is 1. The van der Waals surface area contributed by atoms with Gasteiger partial charge in [-0.15, -0.1) is 0 Å². The molecule has 1 heterocycles. The highest BCUT2D eigenvalue weighted by atomic mass is 16.4. The van der Waals surface area contributed by atoms with Crippen LogP contribution in [0.25, 0.3) is 0 Å². The predicted molar refractivity (Wildman–Crippen MR) is 76.3 cm³/mol. The van der Waals surface area contributed by atoms with E-state index >= 15 is 0 Å². The molecule has 1 saturated heterocycles. The Kier molecular flexibility index (Phi) is 5.02. The molecule has 2 N–H and O–H groups in total. The minimum Gasteiger partial charge on any atom is -0.481 e. The van der Waals surface area contributed by atoms with Crippen LogP contribution < -0.4 is 5.32 Å². The van der Waals surface area contributed by atoms with E-state index in [-0.39, 0.29) is 17.9 Å². The molecule has 4 unspecified atom stereocenters. The zero-order valence-corrected chi connectivity index (χ0v) is 12.5. The number of amides is 1. The molecule has 2 fully saturated rings. The molecule has 5 heteroatoms. The van der Waals surface area contributed by atoms with E-state index in [4.69, 9.17) is 0 Å². The number of piperidine rings is 1. The zero-order valence-electron chi connectivity index (χ0n) is 12.5. The van der Waals surface area contributed by atoms with Crippen LogP contribution in [0.1, 0.15) is 39.0 Å². The molecule has 2 rings (SSSR count). The standard InChI is InChI=1S/C15H26N2O3/c1-10-9-17(2)8-7-13(10)16-14(18)11-5-3-4-6-12(11)15(19)20/h10-13H,3-9H2,1-2H3,(H,16,18)(H,19,20). The van der Waals surface area contributed by atoms with Gasteiger partial charge in [-0.3, -0.25) is 9.59 Å². The summed E-state index contributed by atoms with van der Waals surface area (Å²) in [6.45, 7) is 4.12. The average molecular weight is 282 g/mol. The molecule has 2 aliphatic rings. The molecule has 0 aromatic heterocycles. The Labute approximate surface area is 120 Å². The first-order valence-corrected chi connectivity index (χ1v) is 7.70. The summed E-state index contributed by atoms with van der Waals surface area (Å²) in [6.07, 6.45) is 4.18. The van der Waals surface area contributed by atoms with Crippen molar-refractivity contribution in [3.05, 3.63) is 0 Å². The third kappa shape index (κ3) is 3.51. The normalized spacial score (nSPS) is 35.5. The minimum absolute atomic E-state index is 0.0431. The second-order valence-corrected chi connectivity index (χ2v) is 6.48. The summed E-state index contributed by atoms with van der Waals surface area (Å²) in [5.41, 5.74) is 0. The van der Waals surface area contributed by atoms with Crippen LogP contribution in [0.4, 0.5) is 0 Å². The summed E-state index contributed by atoms with van der Waals surface area (Å²) in [7, 11) is 2.09. The SMILES string of the molecule is CC1CN(C)CCC1NC(=O)C1CCCCC1C(=O)O. The van der Waals surface area contributed by atoms with E-state index in [1.165, 1.54) is 0 Å². The van der Waals surface area contributed by atoms with E-state index < -0.39 is 11.9 Å². The van der Waals surface area contributed by atoms with Crippen LogP contribution in [0.5, 0.6) is 0 Å². The van der Waals surface area contributed by atoms with Crippen molar-refractivity contribution in [2.45, 2.75) is 45.1 Å². The lowest BCUT2D eigenvalue weighted by atomic mass is 9.78. The highest BCUT2D eigenvalue weighted by Crippen LogP contribution is 2.31. The maximum Gasteiger partial charge on any atom is 0.307 e. The molecule has 1 aliphatic heterocycles. The van der Waals surface area contributed by atoms with E-state index in [0.717, 1.165) is 32.4 Å². The van der Waals surface area contributed by atoms with Crippen LogP contribution in [0.2, 0.25) is 0 Å².